The van der Waals surface area contributed by atoms with E-state index in [1.54, 1.807) is 30.3 Å². The number of hydrogen-bond donors (Lipinski definition) is 4. The fourth-order valence-corrected chi connectivity index (χ4v) is 2.99. The van der Waals surface area contributed by atoms with E-state index in [9.17, 15) is 9.59 Å². The first-order chi connectivity index (χ1) is 12.5. The van der Waals surface area contributed by atoms with Gasteiger partial charge in [0.15, 0.2) is 5.82 Å². The molecular weight excluding hydrogens is 354 g/mol. The van der Waals surface area contributed by atoms with Crippen LogP contribution in [0.2, 0.25) is 5.02 Å². The Morgan fingerprint density at radius 3 is 2.69 bits per heavy atom. The van der Waals surface area contributed by atoms with Crippen LogP contribution in [0.5, 0.6) is 0 Å². The smallest absolute Gasteiger partial charge is 0.253 e. The van der Waals surface area contributed by atoms with Gasteiger partial charge in [0.25, 0.3) is 10.9 Å². The Morgan fingerprint density at radius 1 is 1.08 bits per heavy atom. The summed E-state index contributed by atoms with van der Waals surface area (Å²) in [6, 6.07) is 12.6. The van der Waals surface area contributed by atoms with E-state index in [-0.39, 0.29) is 11.4 Å². The summed E-state index contributed by atoms with van der Waals surface area (Å²) in [5, 5.41) is 14.1. The van der Waals surface area contributed by atoms with Crippen LogP contribution in [0.3, 0.4) is 0 Å². The van der Waals surface area contributed by atoms with Crippen molar-refractivity contribution < 1.29 is 0 Å². The van der Waals surface area contributed by atoms with E-state index in [0.29, 0.717) is 23.1 Å². The zero-order valence-corrected chi connectivity index (χ0v) is 14.2. The second kappa shape index (κ2) is 6.20. The SMILES string of the molecule is Nc1n[nH]c2ccc(Nc3c(NCc4cccc(Cl)c4)c(=O)c3=O)cc12. The molecule has 0 saturated heterocycles. The highest BCUT2D eigenvalue weighted by atomic mass is 35.5. The summed E-state index contributed by atoms with van der Waals surface area (Å²) in [6.07, 6.45) is 0. The van der Waals surface area contributed by atoms with Crippen molar-refractivity contribution in [1.29, 1.82) is 0 Å². The lowest BCUT2D eigenvalue weighted by Crippen LogP contribution is -2.36. The van der Waals surface area contributed by atoms with Gasteiger partial charge in [0.1, 0.15) is 11.4 Å². The molecule has 3 aromatic carbocycles. The summed E-state index contributed by atoms with van der Waals surface area (Å²) in [7, 11) is 0. The van der Waals surface area contributed by atoms with Gasteiger partial charge in [-0.3, -0.25) is 14.7 Å². The Labute approximate surface area is 152 Å². The molecule has 0 bridgehead atoms. The summed E-state index contributed by atoms with van der Waals surface area (Å²) in [6.45, 7) is 0.383. The number of hydrogen-bond acceptors (Lipinski definition) is 6. The van der Waals surface area contributed by atoms with Gasteiger partial charge in [-0.15, -0.1) is 0 Å². The average Bonchev–Trinajstić information content (AvgIpc) is 3.01. The molecule has 26 heavy (non-hydrogen) atoms. The maximum absolute atomic E-state index is 11.9. The number of anilines is 4. The molecule has 4 rings (SSSR count). The van der Waals surface area contributed by atoms with Gasteiger partial charge in [-0.25, -0.2) is 0 Å². The van der Waals surface area contributed by atoms with Crippen LogP contribution in [0.1, 0.15) is 5.56 Å². The predicted molar refractivity (Wildman–Crippen MR) is 104 cm³/mol. The first-order valence-electron chi connectivity index (χ1n) is 7.85. The van der Waals surface area contributed by atoms with Crippen LogP contribution in [0.4, 0.5) is 22.9 Å². The Balaban J connectivity index is 1.57. The normalized spacial score (nSPS) is 11.1. The number of nitrogens with one attached hydrogen (secondary N) is 3. The minimum atomic E-state index is -0.557. The van der Waals surface area contributed by atoms with E-state index in [1.807, 2.05) is 12.1 Å². The molecule has 8 heteroatoms. The lowest BCUT2D eigenvalue weighted by atomic mass is 10.1. The van der Waals surface area contributed by atoms with Crippen LogP contribution in [0, 0.1) is 0 Å². The summed E-state index contributed by atoms with van der Waals surface area (Å²) < 4.78 is 0. The molecule has 1 heterocycles. The molecule has 0 atom stereocenters. The number of rotatable bonds is 5. The molecule has 0 saturated carbocycles. The van der Waals surface area contributed by atoms with Crippen LogP contribution >= 0.6 is 11.6 Å². The molecule has 0 aliphatic rings. The maximum Gasteiger partial charge on any atom is 0.253 e. The maximum atomic E-state index is 11.9. The molecule has 7 nitrogen and oxygen atoms in total. The topological polar surface area (TPSA) is 113 Å². The van der Waals surface area contributed by atoms with Crippen molar-refractivity contribution in [3.8, 4) is 0 Å². The highest BCUT2D eigenvalue weighted by Gasteiger charge is 2.21. The van der Waals surface area contributed by atoms with Crippen molar-refractivity contribution in [2.45, 2.75) is 6.54 Å². The van der Waals surface area contributed by atoms with Crippen LogP contribution in [0.15, 0.2) is 52.1 Å². The Kier molecular flexibility index (Phi) is 3.85. The standard InChI is InChI=1S/C18H14ClN5O2/c19-10-3-1-2-9(6-10)8-21-14-15(17(26)16(14)25)22-11-4-5-13-12(7-11)18(20)24-23-13/h1-7,21-22H,8H2,(H3,20,23,24). The van der Waals surface area contributed by atoms with Crippen molar-refractivity contribution >= 4 is 45.4 Å². The third kappa shape index (κ3) is 2.78. The summed E-state index contributed by atoms with van der Waals surface area (Å²) in [5.74, 6) is 0.368. The number of nitrogens with zero attached hydrogens (tertiary/aromatic N) is 1. The largest absolute Gasteiger partial charge is 0.382 e. The van der Waals surface area contributed by atoms with E-state index >= 15 is 0 Å². The molecule has 5 N–H and O–H groups in total. The lowest BCUT2D eigenvalue weighted by Gasteiger charge is -2.15. The molecule has 130 valence electrons. The number of halogens is 1. The summed E-state index contributed by atoms with van der Waals surface area (Å²) in [4.78, 5) is 23.9. The Bertz CT molecular complexity index is 1190. The van der Waals surface area contributed by atoms with Crippen molar-refractivity contribution in [3.05, 3.63) is 73.5 Å². The molecule has 1 aromatic heterocycles. The molecule has 0 fully saturated rings. The quantitative estimate of drug-likeness (QED) is 0.403. The van der Waals surface area contributed by atoms with Gasteiger partial charge in [0.05, 0.1) is 5.52 Å². The monoisotopic (exact) mass is 367 g/mol. The highest BCUT2D eigenvalue weighted by Crippen LogP contribution is 2.26. The van der Waals surface area contributed by atoms with Gasteiger partial charge in [0, 0.05) is 22.6 Å². The van der Waals surface area contributed by atoms with Gasteiger partial charge in [-0.1, -0.05) is 23.7 Å². The number of aromatic amines is 1. The van der Waals surface area contributed by atoms with Crippen molar-refractivity contribution in [3.63, 3.8) is 0 Å². The summed E-state index contributed by atoms with van der Waals surface area (Å²) in [5.41, 5.74) is 7.53. The van der Waals surface area contributed by atoms with Crippen molar-refractivity contribution in [2.24, 2.45) is 0 Å². The van der Waals surface area contributed by atoms with E-state index in [0.717, 1.165) is 16.5 Å². The van der Waals surface area contributed by atoms with Gasteiger partial charge in [-0.2, -0.15) is 5.10 Å². The second-order valence-corrected chi connectivity index (χ2v) is 6.32. The number of H-pyrrole nitrogens is 1. The van der Waals surface area contributed by atoms with Crippen LogP contribution in [-0.2, 0) is 6.54 Å². The van der Waals surface area contributed by atoms with Crippen molar-refractivity contribution in [1.82, 2.24) is 10.2 Å². The second-order valence-electron chi connectivity index (χ2n) is 5.89. The van der Waals surface area contributed by atoms with E-state index in [1.165, 1.54) is 0 Å². The van der Waals surface area contributed by atoms with E-state index in [4.69, 9.17) is 17.3 Å². The summed E-state index contributed by atoms with van der Waals surface area (Å²) >= 11 is 5.96. The highest BCUT2D eigenvalue weighted by molar-refractivity contribution is 6.30. The zero-order chi connectivity index (χ0) is 18.3. The molecule has 0 radical (unpaired) electrons. The zero-order valence-electron chi connectivity index (χ0n) is 13.5. The Hall–Kier alpha value is -3.32. The van der Waals surface area contributed by atoms with Crippen LogP contribution in [0.25, 0.3) is 10.9 Å². The number of benzene rings is 2. The van der Waals surface area contributed by atoms with Gasteiger partial charge in [-0.05, 0) is 35.9 Å². The minimum absolute atomic E-state index is 0.235. The van der Waals surface area contributed by atoms with Gasteiger partial charge >= 0.3 is 0 Å². The molecule has 0 aliphatic carbocycles. The lowest BCUT2D eigenvalue weighted by molar-refractivity contribution is 1.13. The number of fused-ring (bicyclic) bond motifs is 1. The third-order valence-corrected chi connectivity index (χ3v) is 4.37. The molecule has 0 amide bonds. The van der Waals surface area contributed by atoms with E-state index < -0.39 is 10.9 Å². The fraction of sp³-hybridized carbons (Fsp3) is 0.0556. The fourth-order valence-electron chi connectivity index (χ4n) is 2.77. The van der Waals surface area contributed by atoms with Gasteiger partial charge in [0.2, 0.25) is 0 Å². The van der Waals surface area contributed by atoms with Crippen LogP contribution < -0.4 is 27.2 Å². The van der Waals surface area contributed by atoms with E-state index in [2.05, 4.69) is 20.8 Å². The Morgan fingerprint density at radius 2 is 1.88 bits per heavy atom. The third-order valence-electron chi connectivity index (χ3n) is 4.13. The molecule has 0 aliphatic heterocycles. The number of nitrogens with two attached hydrogens (primary N) is 1. The molecule has 4 aromatic rings. The first kappa shape index (κ1) is 16.2. The first-order valence-corrected chi connectivity index (χ1v) is 8.23. The van der Waals surface area contributed by atoms with Gasteiger partial charge < -0.3 is 16.4 Å². The molecular formula is C18H14ClN5O2. The number of aromatic nitrogens is 2. The predicted octanol–water partition coefficient (Wildman–Crippen LogP) is 2.75. The number of nitrogen functional groups attached to an aromatic ring is 1. The van der Waals surface area contributed by atoms with Crippen LogP contribution in [-0.4, -0.2) is 10.2 Å². The molecule has 0 unspecified atom stereocenters. The molecule has 0 spiro atoms. The van der Waals surface area contributed by atoms with Crippen molar-refractivity contribution in [2.75, 3.05) is 16.4 Å². The minimum Gasteiger partial charge on any atom is -0.382 e. The average molecular weight is 368 g/mol.